The summed E-state index contributed by atoms with van der Waals surface area (Å²) in [4.78, 5) is 16.7. The Morgan fingerprint density at radius 3 is 2.62 bits per heavy atom. The van der Waals surface area contributed by atoms with Gasteiger partial charge in [0.2, 0.25) is 5.82 Å². The minimum Gasteiger partial charge on any atom is -0.493 e. The summed E-state index contributed by atoms with van der Waals surface area (Å²) >= 11 is 0. The third-order valence-corrected chi connectivity index (χ3v) is 4.62. The van der Waals surface area contributed by atoms with E-state index in [-0.39, 0.29) is 5.56 Å². The number of nitrogens with one attached hydrogen (secondary N) is 1. The summed E-state index contributed by atoms with van der Waals surface area (Å²) in [5, 5.41) is 2.48. The van der Waals surface area contributed by atoms with Crippen LogP contribution in [0.25, 0.3) is 0 Å². The van der Waals surface area contributed by atoms with Crippen molar-refractivity contribution in [3.63, 3.8) is 0 Å². The molecule has 10 heteroatoms. The zero-order valence-electron chi connectivity index (χ0n) is 15.4. The first kappa shape index (κ1) is 21.0. The average Bonchev–Trinajstić information content (AvgIpc) is 3.09. The molecule has 2 aromatic rings. The summed E-state index contributed by atoms with van der Waals surface area (Å²) in [6.07, 6.45) is -7.77. The van der Waals surface area contributed by atoms with Crippen molar-refractivity contribution < 1.29 is 36.2 Å². The lowest BCUT2D eigenvalue weighted by Gasteiger charge is -2.21. The minimum absolute atomic E-state index is 0.0794. The van der Waals surface area contributed by atoms with Gasteiger partial charge in [0.1, 0.15) is 6.10 Å². The number of benzene rings is 1. The van der Waals surface area contributed by atoms with E-state index >= 15 is 0 Å². The molecule has 0 bridgehead atoms. The SMILES string of the molecule is COc1c(C2CC(C(F)(F)F)OC2C(=O)Nc2ccnc(C)c2)ccc(F)c1F. The number of ether oxygens (including phenoxy) is 2. The first-order valence-electron chi connectivity index (χ1n) is 8.59. The second-order valence-electron chi connectivity index (χ2n) is 6.59. The topological polar surface area (TPSA) is 60.5 Å². The van der Waals surface area contributed by atoms with Crippen LogP contribution in [0.3, 0.4) is 0 Å². The smallest absolute Gasteiger partial charge is 0.414 e. The number of hydrogen-bond donors (Lipinski definition) is 1. The van der Waals surface area contributed by atoms with Crippen molar-refractivity contribution in [3.8, 4) is 5.75 Å². The van der Waals surface area contributed by atoms with Crippen molar-refractivity contribution in [1.29, 1.82) is 0 Å². The molecule has 1 aliphatic rings. The molecule has 1 fully saturated rings. The zero-order chi connectivity index (χ0) is 21.3. The maximum absolute atomic E-state index is 14.1. The molecule has 3 unspecified atom stereocenters. The molecule has 5 nitrogen and oxygen atoms in total. The predicted octanol–water partition coefficient (Wildman–Crippen LogP) is 4.12. The van der Waals surface area contributed by atoms with E-state index in [4.69, 9.17) is 9.47 Å². The van der Waals surface area contributed by atoms with E-state index in [1.165, 1.54) is 18.3 Å². The first-order valence-corrected chi connectivity index (χ1v) is 8.59. The molecular formula is C19H17F5N2O3. The number of carbonyl (C=O) groups excluding carboxylic acids is 1. The lowest BCUT2D eigenvalue weighted by Crippen LogP contribution is -2.34. The van der Waals surface area contributed by atoms with Crippen LogP contribution >= 0.6 is 0 Å². The number of pyridine rings is 1. The molecule has 3 rings (SSSR count). The molecule has 0 saturated carbocycles. The summed E-state index contributed by atoms with van der Waals surface area (Å²) in [5.74, 6) is -5.16. The van der Waals surface area contributed by atoms with Crippen LogP contribution in [0.4, 0.5) is 27.6 Å². The molecule has 0 spiro atoms. The van der Waals surface area contributed by atoms with Crippen LogP contribution in [0.5, 0.6) is 5.75 Å². The number of aryl methyl sites for hydroxylation is 1. The lowest BCUT2D eigenvalue weighted by molar-refractivity contribution is -0.213. The van der Waals surface area contributed by atoms with Gasteiger partial charge in [0, 0.05) is 29.1 Å². The van der Waals surface area contributed by atoms with E-state index in [1.54, 1.807) is 6.92 Å². The molecule has 1 aromatic heterocycles. The maximum atomic E-state index is 14.1. The minimum atomic E-state index is -4.73. The van der Waals surface area contributed by atoms with Crippen molar-refractivity contribution in [2.24, 2.45) is 0 Å². The second-order valence-corrected chi connectivity index (χ2v) is 6.59. The molecule has 0 radical (unpaired) electrons. The number of nitrogens with zero attached hydrogens (tertiary/aromatic N) is 1. The fourth-order valence-electron chi connectivity index (χ4n) is 3.31. The van der Waals surface area contributed by atoms with Gasteiger partial charge in [0.25, 0.3) is 5.91 Å². The van der Waals surface area contributed by atoms with Crippen LogP contribution in [0.1, 0.15) is 23.6 Å². The quantitative estimate of drug-likeness (QED) is 0.762. The molecule has 1 amide bonds. The van der Waals surface area contributed by atoms with Gasteiger partial charge >= 0.3 is 6.18 Å². The number of methoxy groups -OCH3 is 1. The fourth-order valence-corrected chi connectivity index (χ4v) is 3.31. The van der Waals surface area contributed by atoms with Crippen LogP contribution in [0.15, 0.2) is 30.5 Å². The molecule has 1 aromatic carbocycles. The van der Waals surface area contributed by atoms with Gasteiger partial charge in [-0.2, -0.15) is 17.6 Å². The van der Waals surface area contributed by atoms with Gasteiger partial charge in [-0.05, 0) is 31.5 Å². The summed E-state index contributed by atoms with van der Waals surface area (Å²) in [7, 11) is 1.06. The number of amides is 1. The van der Waals surface area contributed by atoms with E-state index in [0.29, 0.717) is 11.4 Å². The van der Waals surface area contributed by atoms with Crippen LogP contribution in [-0.4, -0.2) is 36.4 Å². The molecule has 1 N–H and O–H groups in total. The van der Waals surface area contributed by atoms with Gasteiger partial charge in [-0.15, -0.1) is 0 Å². The van der Waals surface area contributed by atoms with E-state index in [9.17, 15) is 26.7 Å². The average molecular weight is 416 g/mol. The Balaban J connectivity index is 1.97. The van der Waals surface area contributed by atoms with Crippen LogP contribution < -0.4 is 10.1 Å². The Kier molecular flexibility index (Phi) is 5.74. The number of aromatic nitrogens is 1. The molecule has 156 valence electrons. The van der Waals surface area contributed by atoms with Crippen LogP contribution in [0, 0.1) is 18.6 Å². The van der Waals surface area contributed by atoms with Crippen molar-refractivity contribution in [2.75, 3.05) is 12.4 Å². The normalized spacial score (nSPS) is 21.8. The Hall–Kier alpha value is -2.75. The van der Waals surface area contributed by atoms with Gasteiger partial charge in [0.05, 0.1) is 7.11 Å². The highest BCUT2D eigenvalue weighted by Crippen LogP contribution is 2.45. The molecule has 1 aliphatic heterocycles. The molecule has 2 heterocycles. The second kappa shape index (κ2) is 7.94. The number of alkyl halides is 3. The van der Waals surface area contributed by atoms with Crippen LogP contribution in [-0.2, 0) is 9.53 Å². The number of halogens is 5. The number of hydrogen-bond acceptors (Lipinski definition) is 4. The number of rotatable bonds is 4. The van der Waals surface area contributed by atoms with Crippen molar-refractivity contribution in [2.45, 2.75) is 37.6 Å². The van der Waals surface area contributed by atoms with Gasteiger partial charge in [-0.3, -0.25) is 9.78 Å². The third-order valence-electron chi connectivity index (χ3n) is 4.62. The molecule has 3 atom stereocenters. The monoisotopic (exact) mass is 416 g/mol. The van der Waals surface area contributed by atoms with E-state index in [0.717, 1.165) is 19.2 Å². The predicted molar refractivity (Wildman–Crippen MR) is 92.6 cm³/mol. The van der Waals surface area contributed by atoms with Crippen molar-refractivity contribution >= 4 is 11.6 Å². The van der Waals surface area contributed by atoms with Crippen LogP contribution in [0.2, 0.25) is 0 Å². The summed E-state index contributed by atoms with van der Waals surface area (Å²) in [5.41, 5.74) is 0.823. The Bertz CT molecular complexity index is 919. The standard InChI is InChI=1S/C19H17F5N2O3/c1-9-7-10(5-6-25-9)26-18(27)17-12(8-14(29-17)19(22,23)24)11-3-4-13(20)15(21)16(11)28-2/h3-7,12,14,17H,8H2,1-2H3,(H,25,26,27). The molecule has 0 aliphatic carbocycles. The van der Waals surface area contributed by atoms with E-state index in [1.807, 2.05) is 0 Å². The zero-order valence-corrected chi connectivity index (χ0v) is 15.4. The van der Waals surface area contributed by atoms with Crippen molar-refractivity contribution in [1.82, 2.24) is 4.98 Å². The van der Waals surface area contributed by atoms with E-state index < -0.39 is 54.0 Å². The van der Waals surface area contributed by atoms with Crippen molar-refractivity contribution in [3.05, 3.63) is 53.4 Å². The molecule has 1 saturated heterocycles. The summed E-state index contributed by atoms with van der Waals surface area (Å²) in [6.45, 7) is 1.68. The highest BCUT2D eigenvalue weighted by Gasteiger charge is 2.52. The fraction of sp³-hybridized carbons (Fsp3) is 0.368. The van der Waals surface area contributed by atoms with Gasteiger partial charge < -0.3 is 14.8 Å². The maximum Gasteiger partial charge on any atom is 0.414 e. The number of carbonyl (C=O) groups is 1. The Morgan fingerprint density at radius 2 is 2.00 bits per heavy atom. The highest BCUT2D eigenvalue weighted by molar-refractivity contribution is 5.95. The largest absolute Gasteiger partial charge is 0.493 e. The van der Waals surface area contributed by atoms with Gasteiger partial charge in [-0.25, -0.2) is 4.39 Å². The summed E-state index contributed by atoms with van der Waals surface area (Å²) < 4.78 is 77.3. The third kappa shape index (κ3) is 4.31. The Labute approximate surface area is 162 Å². The number of anilines is 1. The molecule has 29 heavy (non-hydrogen) atoms. The summed E-state index contributed by atoms with van der Waals surface area (Å²) in [6, 6.07) is 4.87. The molecular weight excluding hydrogens is 399 g/mol. The van der Waals surface area contributed by atoms with E-state index in [2.05, 4.69) is 10.3 Å². The lowest BCUT2D eigenvalue weighted by atomic mass is 9.89. The highest BCUT2D eigenvalue weighted by atomic mass is 19.4. The Morgan fingerprint density at radius 1 is 1.28 bits per heavy atom. The van der Waals surface area contributed by atoms with Gasteiger partial charge in [0.15, 0.2) is 17.7 Å². The first-order chi connectivity index (χ1) is 13.6. The van der Waals surface area contributed by atoms with Gasteiger partial charge in [-0.1, -0.05) is 6.07 Å².